The molecule has 0 aliphatic carbocycles. The molecular weight excluding hydrogens is 248 g/mol. The monoisotopic (exact) mass is 260 g/mol. The Balaban J connectivity index is 2.22. The fourth-order valence-electron chi connectivity index (χ4n) is 1.75. The Morgan fingerprint density at radius 2 is 2.00 bits per heavy atom. The highest BCUT2D eigenvalue weighted by Crippen LogP contribution is 2.15. The van der Waals surface area contributed by atoms with Gasteiger partial charge in [0, 0.05) is 17.4 Å². The summed E-state index contributed by atoms with van der Waals surface area (Å²) < 4.78 is 0. The number of nitrogens with zero attached hydrogens (tertiary/aromatic N) is 1. The molecule has 0 aliphatic heterocycles. The maximum atomic E-state index is 12.1. The lowest BCUT2D eigenvalue weighted by molar-refractivity contribution is 0.102. The van der Waals surface area contributed by atoms with Crippen molar-refractivity contribution in [2.45, 2.75) is 13.8 Å². The number of nitrogens with one attached hydrogen (secondary N) is 1. The van der Waals surface area contributed by atoms with Crippen LogP contribution in [0.25, 0.3) is 0 Å². The van der Waals surface area contributed by atoms with Gasteiger partial charge in [0.2, 0.25) is 0 Å². The second-order valence-corrected chi connectivity index (χ2v) is 4.53. The number of anilines is 1. The fourth-order valence-corrected chi connectivity index (χ4v) is 1.92. The van der Waals surface area contributed by atoms with Gasteiger partial charge in [0.25, 0.3) is 5.91 Å². The average Bonchev–Trinajstić information content (AvgIpc) is 2.28. The molecule has 0 spiro atoms. The number of hydrogen-bond donors (Lipinski definition) is 1. The summed E-state index contributed by atoms with van der Waals surface area (Å²) in [6.07, 6.45) is 1.56. The molecule has 1 amide bonds. The molecule has 2 aromatic rings. The molecule has 1 heterocycles. The zero-order valence-electron chi connectivity index (χ0n) is 10.2. The Kier molecular flexibility index (Phi) is 3.63. The molecule has 0 aliphatic rings. The van der Waals surface area contributed by atoms with E-state index in [9.17, 15) is 4.79 Å². The molecule has 1 N–H and O–H groups in total. The van der Waals surface area contributed by atoms with E-state index in [2.05, 4.69) is 10.3 Å². The summed E-state index contributed by atoms with van der Waals surface area (Å²) in [5.74, 6) is -0.144. The van der Waals surface area contributed by atoms with E-state index in [-0.39, 0.29) is 5.91 Å². The van der Waals surface area contributed by atoms with Crippen molar-refractivity contribution in [2.24, 2.45) is 0 Å². The predicted octanol–water partition coefficient (Wildman–Crippen LogP) is 3.60. The molecule has 92 valence electrons. The van der Waals surface area contributed by atoms with Crippen molar-refractivity contribution >= 4 is 23.2 Å². The summed E-state index contributed by atoms with van der Waals surface area (Å²) in [4.78, 5) is 15.9. The third-order valence-corrected chi connectivity index (χ3v) is 2.82. The highest BCUT2D eigenvalue weighted by molar-refractivity contribution is 6.29. The zero-order valence-corrected chi connectivity index (χ0v) is 11.0. The predicted molar refractivity (Wildman–Crippen MR) is 73.1 cm³/mol. The molecule has 2 rings (SSSR count). The maximum Gasteiger partial charge on any atom is 0.255 e. The molecule has 1 aromatic carbocycles. The van der Waals surface area contributed by atoms with Gasteiger partial charge < -0.3 is 5.32 Å². The molecule has 0 saturated carbocycles. The Hall–Kier alpha value is -1.87. The van der Waals surface area contributed by atoms with Crippen LogP contribution in [0.2, 0.25) is 5.15 Å². The number of aryl methyl sites for hydroxylation is 2. The molecule has 0 unspecified atom stereocenters. The number of carbonyl (C=O) groups excluding carboxylic acids is 1. The summed E-state index contributed by atoms with van der Waals surface area (Å²) in [5.41, 5.74) is 3.39. The van der Waals surface area contributed by atoms with E-state index < -0.39 is 0 Å². The van der Waals surface area contributed by atoms with E-state index in [0.29, 0.717) is 16.4 Å². The van der Waals surface area contributed by atoms with Crippen molar-refractivity contribution < 1.29 is 4.79 Å². The van der Waals surface area contributed by atoms with Crippen LogP contribution >= 0.6 is 11.6 Å². The molecule has 1 aromatic heterocycles. The molecule has 3 nitrogen and oxygen atoms in total. The molecule has 0 saturated heterocycles. The number of rotatable bonds is 2. The van der Waals surface area contributed by atoms with Crippen molar-refractivity contribution in [1.29, 1.82) is 0 Å². The van der Waals surface area contributed by atoms with Crippen LogP contribution in [0, 0.1) is 13.8 Å². The Morgan fingerprint density at radius 3 is 2.67 bits per heavy atom. The molecule has 0 atom stereocenters. The van der Waals surface area contributed by atoms with E-state index >= 15 is 0 Å². The lowest BCUT2D eigenvalue weighted by atomic mass is 10.1. The minimum Gasteiger partial charge on any atom is -0.322 e. The van der Waals surface area contributed by atoms with E-state index in [1.807, 2.05) is 32.0 Å². The van der Waals surface area contributed by atoms with Gasteiger partial charge >= 0.3 is 0 Å². The van der Waals surface area contributed by atoms with Gasteiger partial charge in [-0.15, -0.1) is 0 Å². The second-order valence-electron chi connectivity index (χ2n) is 4.14. The van der Waals surface area contributed by atoms with E-state index in [1.165, 1.54) is 0 Å². The van der Waals surface area contributed by atoms with E-state index in [1.54, 1.807) is 18.3 Å². The molecule has 4 heteroatoms. The molecule has 18 heavy (non-hydrogen) atoms. The number of amides is 1. The number of aromatic nitrogens is 1. The first-order valence-corrected chi connectivity index (χ1v) is 5.94. The van der Waals surface area contributed by atoms with Gasteiger partial charge in [-0.25, -0.2) is 4.98 Å². The number of hydrogen-bond acceptors (Lipinski definition) is 2. The van der Waals surface area contributed by atoms with Crippen molar-refractivity contribution in [1.82, 2.24) is 4.98 Å². The summed E-state index contributed by atoms with van der Waals surface area (Å²) >= 11 is 5.76. The molecule has 0 radical (unpaired) electrons. The van der Waals surface area contributed by atoms with Crippen molar-refractivity contribution in [3.05, 3.63) is 58.4 Å². The van der Waals surface area contributed by atoms with Crippen LogP contribution in [0.1, 0.15) is 21.5 Å². The number of halogens is 1. The smallest absolute Gasteiger partial charge is 0.255 e. The summed E-state index contributed by atoms with van der Waals surface area (Å²) in [6.45, 7) is 3.92. The van der Waals surface area contributed by atoms with Crippen molar-refractivity contribution in [3.63, 3.8) is 0 Å². The van der Waals surface area contributed by atoms with Gasteiger partial charge in [0.05, 0.1) is 0 Å². The van der Waals surface area contributed by atoms with Crippen molar-refractivity contribution in [3.8, 4) is 0 Å². The van der Waals surface area contributed by atoms with Gasteiger partial charge in [0.15, 0.2) is 0 Å². The van der Waals surface area contributed by atoms with Crippen LogP contribution in [0.3, 0.4) is 0 Å². The summed E-state index contributed by atoms with van der Waals surface area (Å²) in [7, 11) is 0. The maximum absolute atomic E-state index is 12.1. The van der Waals surface area contributed by atoms with Crippen LogP contribution in [-0.4, -0.2) is 10.9 Å². The third-order valence-electron chi connectivity index (χ3n) is 2.61. The molecular formula is C14H13ClN2O. The molecule has 0 bridgehead atoms. The number of pyridine rings is 1. The van der Waals surface area contributed by atoms with Crippen LogP contribution in [0.15, 0.2) is 36.5 Å². The van der Waals surface area contributed by atoms with Crippen LogP contribution in [0.5, 0.6) is 0 Å². The van der Waals surface area contributed by atoms with Gasteiger partial charge in [-0.3, -0.25) is 4.79 Å². The quantitative estimate of drug-likeness (QED) is 0.839. The minimum atomic E-state index is -0.144. The standard InChI is InChI=1S/C14H13ClN2O/c1-9-3-4-12(10(2)7-9)14(18)17-11-5-6-16-13(15)8-11/h3-8H,1-2H3,(H,16,17,18). The van der Waals surface area contributed by atoms with Crippen LogP contribution in [0.4, 0.5) is 5.69 Å². The average molecular weight is 261 g/mol. The van der Waals surface area contributed by atoms with Crippen LogP contribution in [-0.2, 0) is 0 Å². The first kappa shape index (κ1) is 12.6. The van der Waals surface area contributed by atoms with Crippen LogP contribution < -0.4 is 5.32 Å². The number of benzene rings is 1. The third kappa shape index (κ3) is 2.87. The second kappa shape index (κ2) is 5.19. The number of carbonyl (C=O) groups is 1. The molecule has 0 fully saturated rings. The highest BCUT2D eigenvalue weighted by Gasteiger charge is 2.09. The fraction of sp³-hybridized carbons (Fsp3) is 0.143. The lowest BCUT2D eigenvalue weighted by Gasteiger charge is -2.08. The normalized spacial score (nSPS) is 10.2. The van der Waals surface area contributed by atoms with E-state index in [4.69, 9.17) is 11.6 Å². The van der Waals surface area contributed by atoms with Crippen molar-refractivity contribution in [2.75, 3.05) is 5.32 Å². The topological polar surface area (TPSA) is 42.0 Å². The van der Waals surface area contributed by atoms with E-state index in [0.717, 1.165) is 11.1 Å². The highest BCUT2D eigenvalue weighted by atomic mass is 35.5. The first-order valence-electron chi connectivity index (χ1n) is 5.56. The Morgan fingerprint density at radius 1 is 1.22 bits per heavy atom. The Labute approximate surface area is 111 Å². The minimum absolute atomic E-state index is 0.144. The lowest BCUT2D eigenvalue weighted by Crippen LogP contribution is -2.13. The van der Waals surface area contributed by atoms with Gasteiger partial charge in [-0.1, -0.05) is 29.3 Å². The SMILES string of the molecule is Cc1ccc(C(=O)Nc2ccnc(Cl)c2)c(C)c1. The van der Waals surface area contributed by atoms with Gasteiger partial charge in [0.1, 0.15) is 5.15 Å². The zero-order chi connectivity index (χ0) is 13.1. The Bertz CT molecular complexity index is 596. The first-order chi connectivity index (χ1) is 8.56. The summed E-state index contributed by atoms with van der Waals surface area (Å²) in [5, 5.41) is 3.15. The summed E-state index contributed by atoms with van der Waals surface area (Å²) in [6, 6.07) is 9.04. The van der Waals surface area contributed by atoms with Gasteiger partial charge in [-0.2, -0.15) is 0 Å². The van der Waals surface area contributed by atoms with Gasteiger partial charge in [-0.05, 0) is 37.6 Å². The largest absolute Gasteiger partial charge is 0.322 e.